The lowest BCUT2D eigenvalue weighted by Gasteiger charge is -2.07. The normalized spacial score (nSPS) is 19.6. The number of nitrogens with zero attached hydrogens (tertiary/aromatic N) is 6. The van der Waals surface area contributed by atoms with Gasteiger partial charge in [-0.1, -0.05) is 45.8 Å². The summed E-state index contributed by atoms with van der Waals surface area (Å²) in [6.45, 7) is 10.3. The van der Waals surface area contributed by atoms with Gasteiger partial charge in [0.25, 0.3) is 0 Å². The molecule has 14 heteroatoms. The number of fused-ring (bicyclic) bond motifs is 4. The van der Waals surface area contributed by atoms with Crippen molar-refractivity contribution in [2.45, 2.75) is 57.3 Å². The SMILES string of the molecule is C/C=C(\CC)c1noc2cc(F)ccc12.CN1CC[C@@H](c2noc3cc(F)ccc23)C1.CN1CC[C@@H](c2noc3ccccc23)C1.Fc1ccc2c(C3CCNC3)noc2c1. The molecule has 3 saturated heterocycles. The van der Waals surface area contributed by atoms with Gasteiger partial charge >= 0.3 is 0 Å². The van der Waals surface area contributed by atoms with Gasteiger partial charge in [-0.25, -0.2) is 13.2 Å². The number of hydrogen-bond acceptors (Lipinski definition) is 11. The van der Waals surface area contributed by atoms with Crippen LogP contribution in [0.25, 0.3) is 49.5 Å². The highest BCUT2D eigenvalue weighted by Gasteiger charge is 2.27. The summed E-state index contributed by atoms with van der Waals surface area (Å²) < 4.78 is 59.5. The van der Waals surface area contributed by atoms with Gasteiger partial charge in [-0.2, -0.15) is 0 Å². The first-order valence-corrected chi connectivity index (χ1v) is 20.9. The molecule has 61 heavy (non-hydrogen) atoms. The molecule has 318 valence electrons. The molecule has 3 atom stereocenters. The molecule has 0 amide bonds. The van der Waals surface area contributed by atoms with Crippen LogP contribution in [0.4, 0.5) is 13.2 Å². The quantitative estimate of drug-likeness (QED) is 0.178. The highest BCUT2D eigenvalue weighted by atomic mass is 19.1. The largest absolute Gasteiger partial charge is 0.356 e. The van der Waals surface area contributed by atoms with Crippen LogP contribution in [0.5, 0.6) is 0 Å². The summed E-state index contributed by atoms with van der Waals surface area (Å²) in [6, 6.07) is 21.8. The molecule has 11 nitrogen and oxygen atoms in total. The van der Waals surface area contributed by atoms with Crippen molar-refractivity contribution in [2.24, 2.45) is 0 Å². The summed E-state index contributed by atoms with van der Waals surface area (Å²) in [7, 11) is 4.25. The van der Waals surface area contributed by atoms with Crippen LogP contribution in [0.3, 0.4) is 0 Å². The Morgan fingerprint density at radius 3 is 1.59 bits per heavy atom. The zero-order chi connectivity index (χ0) is 42.5. The first-order valence-electron chi connectivity index (χ1n) is 20.9. The van der Waals surface area contributed by atoms with E-state index in [4.69, 9.17) is 18.1 Å². The molecule has 3 aliphatic rings. The standard InChI is InChI=1S/C12H13FN2O.C12H12FNO.C12H14N2O.C11H11FN2O/c1-15-5-4-8(7-15)12-10-3-2-9(13)6-11(10)16-14-12;1-3-8(4-2)12-10-6-5-9(13)7-11(10)15-14-12;1-14-7-6-9(8-14)12-10-4-2-3-5-11(10)15-13-12;12-8-1-2-9-10(5-8)15-14-11(9)7-3-4-13-6-7/h2-3,6,8H,4-5,7H2,1H3;3,5-7H,4H2,1-2H3;2-5,9H,6-8H2,1H3;1-2,5,7,13H,3-4,6H2/b;8-3+;;/t8-;;9-;/m1.1./s1. The van der Waals surface area contributed by atoms with Crippen molar-refractivity contribution >= 4 is 49.5 Å². The molecule has 11 rings (SSSR count). The number of rotatable bonds is 5. The van der Waals surface area contributed by atoms with Crippen LogP contribution in [0.1, 0.15) is 80.1 Å². The predicted molar refractivity (Wildman–Crippen MR) is 230 cm³/mol. The highest BCUT2D eigenvalue weighted by Crippen LogP contribution is 2.33. The Hall–Kier alpha value is -5.83. The Bertz CT molecular complexity index is 2750. The maximum atomic E-state index is 13.0. The summed E-state index contributed by atoms with van der Waals surface area (Å²) in [5.74, 6) is 0.490. The molecule has 3 fully saturated rings. The number of aromatic nitrogens is 4. The minimum absolute atomic E-state index is 0.279. The summed E-state index contributed by atoms with van der Waals surface area (Å²) in [6.07, 6.45) is 6.23. The van der Waals surface area contributed by atoms with Crippen LogP contribution in [0.15, 0.2) is 103 Å². The van der Waals surface area contributed by atoms with Gasteiger partial charge in [0.1, 0.15) is 23.1 Å². The lowest BCUT2D eigenvalue weighted by Crippen LogP contribution is -2.13. The molecule has 4 aromatic carbocycles. The molecule has 0 saturated carbocycles. The van der Waals surface area contributed by atoms with Crippen molar-refractivity contribution in [1.29, 1.82) is 0 Å². The Labute approximate surface area is 351 Å². The smallest absolute Gasteiger partial charge is 0.170 e. The number of halogens is 3. The van der Waals surface area contributed by atoms with Gasteiger partial charge in [0.2, 0.25) is 0 Å². The number of likely N-dealkylation sites (N-methyl/N-ethyl adjacent to an activating group) is 2. The molecule has 1 N–H and O–H groups in total. The van der Waals surface area contributed by atoms with E-state index < -0.39 is 0 Å². The van der Waals surface area contributed by atoms with Crippen molar-refractivity contribution in [1.82, 2.24) is 35.7 Å². The van der Waals surface area contributed by atoms with E-state index >= 15 is 0 Å². The summed E-state index contributed by atoms with van der Waals surface area (Å²) in [5, 5.41) is 23.5. The average Bonchev–Trinajstić information content (AvgIpc) is 4.12. The maximum Gasteiger partial charge on any atom is 0.170 e. The fraction of sp³-hybridized carbons (Fsp3) is 0.362. The molecule has 4 aromatic heterocycles. The fourth-order valence-corrected chi connectivity index (χ4v) is 8.51. The molecule has 0 aliphatic carbocycles. The number of allylic oxidation sites excluding steroid dienone is 2. The van der Waals surface area contributed by atoms with Gasteiger partial charge < -0.3 is 33.2 Å². The first-order chi connectivity index (χ1) is 29.7. The molecule has 1 unspecified atom stereocenters. The Morgan fingerprint density at radius 1 is 0.623 bits per heavy atom. The van der Waals surface area contributed by atoms with Crippen LogP contribution >= 0.6 is 0 Å². The number of para-hydroxylation sites is 1. The van der Waals surface area contributed by atoms with Gasteiger partial charge in [0.05, 0.1) is 17.1 Å². The molecular formula is C47H50F3N7O4. The van der Waals surface area contributed by atoms with Crippen LogP contribution < -0.4 is 5.32 Å². The molecular weight excluding hydrogens is 784 g/mol. The van der Waals surface area contributed by atoms with Crippen LogP contribution in [0, 0.1) is 17.5 Å². The minimum atomic E-state index is -0.302. The molecule has 7 heterocycles. The topological polar surface area (TPSA) is 123 Å². The number of benzene rings is 4. The molecule has 0 spiro atoms. The molecule has 0 radical (unpaired) electrons. The van der Waals surface area contributed by atoms with Crippen molar-refractivity contribution in [3.8, 4) is 0 Å². The lowest BCUT2D eigenvalue weighted by molar-refractivity contribution is 0.402. The third-order valence-corrected chi connectivity index (χ3v) is 11.8. The van der Waals surface area contributed by atoms with Gasteiger partial charge in [-0.3, -0.25) is 0 Å². The van der Waals surface area contributed by atoms with Crippen molar-refractivity contribution < 1.29 is 31.3 Å². The Balaban J connectivity index is 0.000000112. The van der Waals surface area contributed by atoms with Crippen LogP contribution in [0.2, 0.25) is 0 Å². The van der Waals surface area contributed by atoms with E-state index in [1.54, 1.807) is 18.2 Å². The van der Waals surface area contributed by atoms with E-state index in [1.807, 2.05) is 31.2 Å². The zero-order valence-electron chi connectivity index (χ0n) is 34.8. The Morgan fingerprint density at radius 2 is 1.10 bits per heavy atom. The molecule has 8 aromatic rings. The minimum Gasteiger partial charge on any atom is -0.356 e. The van der Waals surface area contributed by atoms with Crippen molar-refractivity contribution in [2.75, 3.05) is 53.4 Å². The van der Waals surface area contributed by atoms with E-state index in [-0.39, 0.29) is 17.5 Å². The maximum absolute atomic E-state index is 13.0. The second-order valence-corrected chi connectivity index (χ2v) is 16.0. The molecule has 3 aliphatic heterocycles. The summed E-state index contributed by atoms with van der Waals surface area (Å²) in [5.41, 5.74) is 7.47. The number of likely N-dealkylation sites (tertiary alicyclic amines) is 2. The average molecular weight is 834 g/mol. The van der Waals surface area contributed by atoms with Gasteiger partial charge in [-0.15, -0.1) is 0 Å². The van der Waals surface area contributed by atoms with E-state index in [9.17, 15) is 13.2 Å². The van der Waals surface area contributed by atoms with E-state index in [0.29, 0.717) is 34.5 Å². The van der Waals surface area contributed by atoms with E-state index in [0.717, 1.165) is 109 Å². The van der Waals surface area contributed by atoms with Crippen LogP contribution in [-0.4, -0.2) is 83.8 Å². The number of hydrogen-bond donors (Lipinski definition) is 1. The number of nitrogens with one attached hydrogen (secondary N) is 1. The summed E-state index contributed by atoms with van der Waals surface area (Å²) in [4.78, 5) is 4.61. The monoisotopic (exact) mass is 833 g/mol. The van der Waals surface area contributed by atoms with Crippen molar-refractivity contribution in [3.63, 3.8) is 0 Å². The lowest BCUT2D eigenvalue weighted by atomic mass is 10.0. The fourth-order valence-electron chi connectivity index (χ4n) is 8.51. The first kappa shape index (κ1) is 41.9. The third kappa shape index (κ3) is 9.41. The predicted octanol–water partition coefficient (Wildman–Crippen LogP) is 10.5. The van der Waals surface area contributed by atoms with Gasteiger partial charge in [0.15, 0.2) is 22.3 Å². The second-order valence-electron chi connectivity index (χ2n) is 16.0. The molecule has 0 bridgehead atoms. The Kier molecular flexibility index (Phi) is 12.9. The van der Waals surface area contributed by atoms with E-state index in [2.05, 4.69) is 62.8 Å². The summed E-state index contributed by atoms with van der Waals surface area (Å²) >= 11 is 0. The zero-order valence-corrected chi connectivity index (χ0v) is 34.8. The highest BCUT2D eigenvalue weighted by molar-refractivity contribution is 5.89. The van der Waals surface area contributed by atoms with Crippen molar-refractivity contribution in [3.05, 3.63) is 125 Å². The van der Waals surface area contributed by atoms with Crippen LogP contribution in [-0.2, 0) is 0 Å². The van der Waals surface area contributed by atoms with Gasteiger partial charge in [0, 0.05) is 77.1 Å². The van der Waals surface area contributed by atoms with Gasteiger partial charge in [-0.05, 0) is 120 Å². The van der Waals surface area contributed by atoms with E-state index in [1.165, 1.54) is 48.2 Å². The second kappa shape index (κ2) is 18.8. The third-order valence-electron chi connectivity index (χ3n) is 11.8.